The summed E-state index contributed by atoms with van der Waals surface area (Å²) in [6, 6.07) is 4.96. The zero-order valence-electron chi connectivity index (χ0n) is 9.43. The second-order valence-electron chi connectivity index (χ2n) is 4.41. The maximum atomic E-state index is 11.9. The van der Waals surface area contributed by atoms with E-state index < -0.39 is 17.3 Å². The Hall–Kier alpha value is -2.24. The highest BCUT2D eigenvalue weighted by Gasteiger charge is 2.57. The first-order valence-electron chi connectivity index (χ1n) is 5.56. The average Bonchev–Trinajstić information content (AvgIpc) is 3.03. The van der Waals surface area contributed by atoms with Crippen LogP contribution < -0.4 is 14.8 Å². The lowest BCUT2D eigenvalue weighted by atomic mass is 10.1. The van der Waals surface area contributed by atoms with E-state index in [1.807, 2.05) is 0 Å². The van der Waals surface area contributed by atoms with E-state index >= 15 is 0 Å². The molecule has 18 heavy (non-hydrogen) atoms. The van der Waals surface area contributed by atoms with Gasteiger partial charge < -0.3 is 19.9 Å². The summed E-state index contributed by atoms with van der Waals surface area (Å²) in [5.41, 5.74) is -0.729. The Morgan fingerprint density at radius 1 is 1.22 bits per heavy atom. The summed E-state index contributed by atoms with van der Waals surface area (Å²) in [6.07, 6.45) is 0.775. The average molecular weight is 249 g/mol. The van der Waals surface area contributed by atoms with Crippen LogP contribution in [-0.2, 0) is 9.59 Å². The van der Waals surface area contributed by atoms with E-state index in [1.165, 1.54) is 0 Å². The molecule has 0 atom stereocenters. The molecule has 0 spiro atoms. The quantitative estimate of drug-likeness (QED) is 0.787. The predicted octanol–water partition coefficient (Wildman–Crippen LogP) is 1.22. The van der Waals surface area contributed by atoms with E-state index in [0.717, 1.165) is 0 Å². The number of carboxylic acids is 1. The summed E-state index contributed by atoms with van der Waals surface area (Å²) in [6.45, 7) is 0.159. The zero-order chi connectivity index (χ0) is 12.8. The van der Waals surface area contributed by atoms with Crippen LogP contribution in [0.3, 0.4) is 0 Å². The molecule has 0 bridgehead atoms. The second kappa shape index (κ2) is 3.63. The Balaban J connectivity index is 1.77. The summed E-state index contributed by atoms with van der Waals surface area (Å²) in [5, 5.41) is 11.6. The van der Waals surface area contributed by atoms with Gasteiger partial charge in [0.1, 0.15) is 5.41 Å². The molecule has 2 aliphatic rings. The SMILES string of the molecule is O=C(O)C1(C(=O)Nc2ccc3c(c2)OCO3)CC1. The maximum Gasteiger partial charge on any atom is 0.319 e. The van der Waals surface area contributed by atoms with E-state index in [-0.39, 0.29) is 6.79 Å². The first kappa shape index (κ1) is 10.9. The predicted molar refractivity (Wildman–Crippen MR) is 60.5 cm³/mol. The summed E-state index contributed by atoms with van der Waals surface area (Å²) in [7, 11) is 0. The van der Waals surface area contributed by atoms with Gasteiger partial charge in [0, 0.05) is 11.8 Å². The van der Waals surface area contributed by atoms with Crippen LogP contribution in [0.25, 0.3) is 0 Å². The van der Waals surface area contributed by atoms with E-state index in [4.69, 9.17) is 14.6 Å². The Kier molecular flexibility index (Phi) is 2.19. The van der Waals surface area contributed by atoms with Crippen molar-refractivity contribution < 1.29 is 24.2 Å². The smallest absolute Gasteiger partial charge is 0.319 e. The number of nitrogens with one attached hydrogen (secondary N) is 1. The number of aliphatic carboxylic acids is 1. The van der Waals surface area contributed by atoms with E-state index in [9.17, 15) is 9.59 Å². The molecule has 94 valence electrons. The zero-order valence-corrected chi connectivity index (χ0v) is 9.43. The first-order valence-corrected chi connectivity index (χ1v) is 5.56. The molecule has 1 amide bonds. The lowest BCUT2D eigenvalue weighted by molar-refractivity contribution is -0.147. The fraction of sp³-hybridized carbons (Fsp3) is 0.333. The van der Waals surface area contributed by atoms with Gasteiger partial charge in [0.05, 0.1) is 0 Å². The Labute approximate surface area is 103 Å². The third kappa shape index (κ3) is 1.57. The van der Waals surface area contributed by atoms with Gasteiger partial charge in [-0.2, -0.15) is 0 Å². The standard InChI is InChI=1S/C12H11NO5/c14-10(12(3-4-12)11(15)16)13-7-1-2-8-9(5-7)18-6-17-8/h1-2,5H,3-4,6H2,(H,13,14)(H,15,16). The van der Waals surface area contributed by atoms with Crippen molar-refractivity contribution in [2.24, 2.45) is 5.41 Å². The van der Waals surface area contributed by atoms with Crippen LogP contribution in [0.15, 0.2) is 18.2 Å². The van der Waals surface area contributed by atoms with Crippen molar-refractivity contribution in [2.45, 2.75) is 12.8 Å². The van der Waals surface area contributed by atoms with Gasteiger partial charge in [-0.1, -0.05) is 0 Å². The topological polar surface area (TPSA) is 84.9 Å². The van der Waals surface area contributed by atoms with Crippen molar-refractivity contribution in [1.29, 1.82) is 0 Å². The highest BCUT2D eigenvalue weighted by Crippen LogP contribution is 2.47. The normalized spacial score (nSPS) is 18.2. The Morgan fingerprint density at radius 2 is 1.94 bits per heavy atom. The maximum absolute atomic E-state index is 11.9. The lowest BCUT2D eigenvalue weighted by Crippen LogP contribution is -2.31. The van der Waals surface area contributed by atoms with Crippen molar-refractivity contribution in [3.63, 3.8) is 0 Å². The number of benzene rings is 1. The number of hydrogen-bond donors (Lipinski definition) is 2. The molecule has 1 aromatic rings. The molecular weight excluding hydrogens is 238 g/mol. The van der Waals surface area contributed by atoms with Gasteiger partial charge in [-0.15, -0.1) is 0 Å². The van der Waals surface area contributed by atoms with E-state index in [1.54, 1.807) is 18.2 Å². The van der Waals surface area contributed by atoms with Crippen LogP contribution >= 0.6 is 0 Å². The van der Waals surface area contributed by atoms with Gasteiger partial charge in [-0.05, 0) is 25.0 Å². The molecule has 0 unspecified atom stereocenters. The molecular formula is C12H11NO5. The summed E-state index contributed by atoms with van der Waals surface area (Å²) in [5.74, 6) is -0.380. The number of carboxylic acid groups (broad SMARTS) is 1. The molecule has 6 heteroatoms. The van der Waals surface area contributed by atoms with Crippen LogP contribution in [0.4, 0.5) is 5.69 Å². The molecule has 1 saturated carbocycles. The molecule has 3 rings (SSSR count). The monoisotopic (exact) mass is 249 g/mol. The van der Waals surface area contributed by atoms with E-state index in [2.05, 4.69) is 5.32 Å². The summed E-state index contributed by atoms with van der Waals surface area (Å²) >= 11 is 0. The van der Waals surface area contributed by atoms with Crippen molar-refractivity contribution in [3.05, 3.63) is 18.2 Å². The third-order valence-electron chi connectivity index (χ3n) is 3.22. The minimum absolute atomic E-state index is 0.159. The van der Waals surface area contributed by atoms with Crippen molar-refractivity contribution in [2.75, 3.05) is 12.1 Å². The molecule has 0 saturated heterocycles. The van der Waals surface area contributed by atoms with Gasteiger partial charge in [0.2, 0.25) is 12.7 Å². The van der Waals surface area contributed by atoms with Crippen LogP contribution in [-0.4, -0.2) is 23.8 Å². The molecule has 1 aliphatic carbocycles. The van der Waals surface area contributed by atoms with Gasteiger partial charge in [-0.25, -0.2) is 0 Å². The fourth-order valence-electron chi connectivity index (χ4n) is 1.89. The van der Waals surface area contributed by atoms with Crippen LogP contribution in [0.5, 0.6) is 11.5 Å². The van der Waals surface area contributed by atoms with Crippen molar-refractivity contribution in [1.82, 2.24) is 0 Å². The molecule has 1 aromatic carbocycles. The molecule has 0 aromatic heterocycles. The van der Waals surface area contributed by atoms with Crippen LogP contribution in [0, 0.1) is 5.41 Å². The van der Waals surface area contributed by atoms with Crippen molar-refractivity contribution in [3.8, 4) is 11.5 Å². The number of amides is 1. The summed E-state index contributed by atoms with van der Waals surface area (Å²) < 4.78 is 10.3. The molecule has 1 aliphatic heterocycles. The van der Waals surface area contributed by atoms with Gasteiger partial charge in [0.25, 0.3) is 0 Å². The number of ether oxygens (including phenoxy) is 2. The number of carbonyl (C=O) groups excluding carboxylic acids is 1. The highest BCUT2D eigenvalue weighted by molar-refractivity contribution is 6.10. The number of anilines is 1. The third-order valence-corrected chi connectivity index (χ3v) is 3.22. The number of carbonyl (C=O) groups is 2. The second-order valence-corrected chi connectivity index (χ2v) is 4.41. The number of hydrogen-bond acceptors (Lipinski definition) is 4. The number of rotatable bonds is 3. The minimum Gasteiger partial charge on any atom is -0.480 e. The van der Waals surface area contributed by atoms with Gasteiger partial charge in [-0.3, -0.25) is 9.59 Å². The molecule has 2 N–H and O–H groups in total. The largest absolute Gasteiger partial charge is 0.480 e. The molecule has 1 heterocycles. The molecule has 1 fully saturated rings. The van der Waals surface area contributed by atoms with Crippen molar-refractivity contribution >= 4 is 17.6 Å². The highest BCUT2D eigenvalue weighted by atomic mass is 16.7. The minimum atomic E-state index is -1.24. The number of fused-ring (bicyclic) bond motifs is 1. The Bertz CT molecular complexity index is 535. The van der Waals surface area contributed by atoms with E-state index in [0.29, 0.717) is 30.0 Å². The fourth-order valence-corrected chi connectivity index (χ4v) is 1.89. The summed E-state index contributed by atoms with van der Waals surface area (Å²) in [4.78, 5) is 22.9. The molecule has 0 radical (unpaired) electrons. The first-order chi connectivity index (χ1) is 8.62. The lowest BCUT2D eigenvalue weighted by Gasteiger charge is -2.11. The van der Waals surface area contributed by atoms with Crippen LogP contribution in [0.2, 0.25) is 0 Å². The molecule has 6 nitrogen and oxygen atoms in total. The van der Waals surface area contributed by atoms with Gasteiger partial charge in [0.15, 0.2) is 11.5 Å². The Morgan fingerprint density at radius 3 is 2.61 bits per heavy atom. The van der Waals surface area contributed by atoms with Gasteiger partial charge >= 0.3 is 5.97 Å². The van der Waals surface area contributed by atoms with Crippen LogP contribution in [0.1, 0.15) is 12.8 Å².